The predicted octanol–water partition coefficient (Wildman–Crippen LogP) is 0.546. The second-order valence-corrected chi connectivity index (χ2v) is 5.20. The fourth-order valence-corrected chi connectivity index (χ4v) is 1.51. The molecule has 5 heteroatoms. The molecular formula is C14H21N3O2. The van der Waals surface area contributed by atoms with Crippen LogP contribution in [0.5, 0.6) is 0 Å². The largest absolute Gasteiger partial charge is 0.350 e. The van der Waals surface area contributed by atoms with Gasteiger partial charge in [-0.15, -0.1) is 0 Å². The van der Waals surface area contributed by atoms with Crippen molar-refractivity contribution in [3.8, 4) is 0 Å². The second kappa shape index (κ2) is 6.89. The first-order valence-corrected chi connectivity index (χ1v) is 6.23. The van der Waals surface area contributed by atoms with Gasteiger partial charge in [0.05, 0.1) is 6.54 Å². The van der Waals surface area contributed by atoms with Gasteiger partial charge in [0, 0.05) is 18.5 Å². The molecule has 0 unspecified atom stereocenters. The smallest absolute Gasteiger partial charge is 0.239 e. The van der Waals surface area contributed by atoms with E-state index in [-0.39, 0.29) is 24.8 Å². The van der Waals surface area contributed by atoms with Crippen molar-refractivity contribution in [1.29, 1.82) is 0 Å². The molecular weight excluding hydrogens is 242 g/mol. The predicted molar refractivity (Wildman–Crippen MR) is 74.2 cm³/mol. The van der Waals surface area contributed by atoms with Crippen LogP contribution in [0.3, 0.4) is 0 Å². The Morgan fingerprint density at radius 2 is 1.74 bits per heavy atom. The number of carbonyl (C=O) groups excluding carboxylic acids is 2. The third kappa shape index (κ3) is 7.21. The highest BCUT2D eigenvalue weighted by Gasteiger charge is 2.16. The maximum atomic E-state index is 11.5. The first-order valence-electron chi connectivity index (χ1n) is 6.23. The van der Waals surface area contributed by atoms with Gasteiger partial charge in [-0.2, -0.15) is 0 Å². The fraction of sp³-hybridized carbons (Fsp3) is 0.429. The molecule has 0 aliphatic heterocycles. The molecule has 0 radical (unpaired) electrons. The van der Waals surface area contributed by atoms with Crippen molar-refractivity contribution in [2.24, 2.45) is 5.73 Å². The van der Waals surface area contributed by atoms with Crippen molar-refractivity contribution < 1.29 is 9.59 Å². The second-order valence-electron chi connectivity index (χ2n) is 5.20. The third-order valence-corrected chi connectivity index (χ3v) is 2.39. The molecule has 0 bridgehead atoms. The molecule has 0 saturated heterocycles. The molecule has 1 rings (SSSR count). The lowest BCUT2D eigenvalue weighted by molar-refractivity contribution is -0.126. The number of amides is 2. The molecule has 0 spiro atoms. The molecule has 0 aromatic heterocycles. The standard InChI is InChI=1S/C14H21N3O2/c1-14(2,15)8-12(18)17-10-13(19)16-9-11-6-4-3-5-7-11/h3-7H,8-10,15H2,1-2H3,(H,16,19)(H,17,18). The van der Waals surface area contributed by atoms with E-state index in [4.69, 9.17) is 5.73 Å². The van der Waals surface area contributed by atoms with Crippen LogP contribution in [0.25, 0.3) is 0 Å². The van der Waals surface area contributed by atoms with Crippen LogP contribution in [0.2, 0.25) is 0 Å². The maximum absolute atomic E-state index is 11.5. The van der Waals surface area contributed by atoms with Crippen LogP contribution in [0.15, 0.2) is 30.3 Å². The molecule has 4 N–H and O–H groups in total. The normalized spacial score (nSPS) is 10.9. The highest BCUT2D eigenvalue weighted by Crippen LogP contribution is 2.02. The van der Waals surface area contributed by atoms with Gasteiger partial charge in [0.15, 0.2) is 0 Å². The lowest BCUT2D eigenvalue weighted by Crippen LogP contribution is -2.42. The summed E-state index contributed by atoms with van der Waals surface area (Å²) in [6.45, 7) is 3.96. The van der Waals surface area contributed by atoms with Gasteiger partial charge in [-0.25, -0.2) is 0 Å². The molecule has 0 atom stereocenters. The highest BCUT2D eigenvalue weighted by atomic mass is 16.2. The summed E-state index contributed by atoms with van der Waals surface area (Å²) >= 11 is 0. The van der Waals surface area contributed by atoms with Crippen LogP contribution in [-0.2, 0) is 16.1 Å². The Kier molecular flexibility index (Phi) is 5.51. The van der Waals surface area contributed by atoms with Gasteiger partial charge in [-0.3, -0.25) is 9.59 Å². The molecule has 1 aromatic carbocycles. The number of rotatable bonds is 6. The number of nitrogens with one attached hydrogen (secondary N) is 2. The summed E-state index contributed by atoms with van der Waals surface area (Å²) in [6, 6.07) is 9.59. The zero-order valence-corrected chi connectivity index (χ0v) is 11.4. The van der Waals surface area contributed by atoms with E-state index in [1.165, 1.54) is 0 Å². The summed E-state index contributed by atoms with van der Waals surface area (Å²) < 4.78 is 0. The molecule has 0 saturated carbocycles. The van der Waals surface area contributed by atoms with Gasteiger partial charge in [-0.1, -0.05) is 30.3 Å². The summed E-state index contributed by atoms with van der Waals surface area (Å²) in [5.74, 6) is -0.436. The molecule has 0 fully saturated rings. The van der Waals surface area contributed by atoms with E-state index in [9.17, 15) is 9.59 Å². The van der Waals surface area contributed by atoms with Crippen LogP contribution < -0.4 is 16.4 Å². The number of hydrogen-bond acceptors (Lipinski definition) is 3. The van der Waals surface area contributed by atoms with Gasteiger partial charge < -0.3 is 16.4 Å². The Morgan fingerprint density at radius 3 is 2.32 bits per heavy atom. The molecule has 1 aromatic rings. The summed E-state index contributed by atoms with van der Waals surface area (Å²) in [5.41, 5.74) is 6.17. The summed E-state index contributed by atoms with van der Waals surface area (Å²) in [5, 5.41) is 5.28. The summed E-state index contributed by atoms with van der Waals surface area (Å²) in [4.78, 5) is 23.0. The van der Waals surface area contributed by atoms with Crippen molar-refractivity contribution in [3.05, 3.63) is 35.9 Å². The average Bonchev–Trinajstić information content (AvgIpc) is 2.33. The van der Waals surface area contributed by atoms with Crippen LogP contribution >= 0.6 is 0 Å². The van der Waals surface area contributed by atoms with E-state index < -0.39 is 5.54 Å². The van der Waals surface area contributed by atoms with Crippen LogP contribution in [0.1, 0.15) is 25.8 Å². The zero-order chi connectivity index (χ0) is 14.3. The van der Waals surface area contributed by atoms with Gasteiger partial charge in [-0.05, 0) is 19.4 Å². The number of benzene rings is 1. The quantitative estimate of drug-likeness (QED) is 0.700. The van der Waals surface area contributed by atoms with Crippen molar-refractivity contribution in [2.45, 2.75) is 32.4 Å². The first kappa shape index (κ1) is 15.2. The Balaban J connectivity index is 2.23. The van der Waals surface area contributed by atoms with Crippen molar-refractivity contribution >= 4 is 11.8 Å². The number of hydrogen-bond donors (Lipinski definition) is 3. The third-order valence-electron chi connectivity index (χ3n) is 2.39. The Hall–Kier alpha value is -1.88. The Morgan fingerprint density at radius 1 is 1.11 bits per heavy atom. The van der Waals surface area contributed by atoms with Crippen molar-refractivity contribution in [2.75, 3.05) is 6.54 Å². The fourth-order valence-electron chi connectivity index (χ4n) is 1.51. The van der Waals surface area contributed by atoms with Crippen LogP contribution in [0.4, 0.5) is 0 Å². The minimum atomic E-state index is -0.565. The molecule has 5 nitrogen and oxygen atoms in total. The summed E-state index contributed by atoms with van der Waals surface area (Å²) in [6.07, 6.45) is 0.193. The SMILES string of the molecule is CC(C)(N)CC(=O)NCC(=O)NCc1ccccc1. The zero-order valence-electron chi connectivity index (χ0n) is 11.4. The lowest BCUT2D eigenvalue weighted by Gasteiger charge is -2.17. The first-order chi connectivity index (χ1) is 8.87. The minimum absolute atomic E-state index is 0.0260. The average molecular weight is 263 g/mol. The molecule has 104 valence electrons. The van der Waals surface area contributed by atoms with E-state index in [0.29, 0.717) is 6.54 Å². The lowest BCUT2D eigenvalue weighted by atomic mass is 10.0. The molecule has 19 heavy (non-hydrogen) atoms. The molecule has 0 heterocycles. The molecule has 2 amide bonds. The van der Waals surface area contributed by atoms with Gasteiger partial charge in [0.25, 0.3) is 0 Å². The van der Waals surface area contributed by atoms with Crippen LogP contribution in [0, 0.1) is 0 Å². The van der Waals surface area contributed by atoms with E-state index in [2.05, 4.69) is 10.6 Å². The van der Waals surface area contributed by atoms with Gasteiger partial charge in [0.2, 0.25) is 11.8 Å². The monoisotopic (exact) mass is 263 g/mol. The van der Waals surface area contributed by atoms with Crippen molar-refractivity contribution in [3.63, 3.8) is 0 Å². The van der Waals surface area contributed by atoms with Gasteiger partial charge >= 0.3 is 0 Å². The topological polar surface area (TPSA) is 84.2 Å². The van der Waals surface area contributed by atoms with E-state index in [1.807, 2.05) is 30.3 Å². The number of carbonyl (C=O) groups is 2. The van der Waals surface area contributed by atoms with E-state index in [1.54, 1.807) is 13.8 Å². The van der Waals surface area contributed by atoms with E-state index in [0.717, 1.165) is 5.56 Å². The van der Waals surface area contributed by atoms with Gasteiger partial charge in [0.1, 0.15) is 0 Å². The summed E-state index contributed by atoms with van der Waals surface area (Å²) in [7, 11) is 0. The highest BCUT2D eigenvalue weighted by molar-refractivity contribution is 5.85. The molecule has 0 aliphatic rings. The number of nitrogens with two attached hydrogens (primary N) is 1. The minimum Gasteiger partial charge on any atom is -0.350 e. The van der Waals surface area contributed by atoms with Crippen molar-refractivity contribution in [1.82, 2.24) is 10.6 Å². The molecule has 0 aliphatic carbocycles. The maximum Gasteiger partial charge on any atom is 0.239 e. The Bertz CT molecular complexity index is 424. The van der Waals surface area contributed by atoms with Crippen LogP contribution in [-0.4, -0.2) is 23.9 Å². The van der Waals surface area contributed by atoms with E-state index >= 15 is 0 Å². The Labute approximate surface area is 113 Å².